The van der Waals surface area contributed by atoms with E-state index in [0.717, 1.165) is 23.3 Å². The number of carbonyl (C=O) groups excluding carboxylic acids is 1. The molecule has 0 bridgehead atoms. The molecule has 0 N–H and O–H groups in total. The number of ether oxygens (including phenoxy) is 1. The fourth-order valence-electron chi connectivity index (χ4n) is 1.93. The third kappa shape index (κ3) is 1.94. The predicted octanol–water partition coefficient (Wildman–Crippen LogP) is 2.75. The first-order valence-electron chi connectivity index (χ1n) is 5.09. The minimum absolute atomic E-state index is 0.236. The number of methoxy groups -OCH3 is 1. The first-order chi connectivity index (χ1) is 7.20. The van der Waals surface area contributed by atoms with Crippen molar-refractivity contribution < 1.29 is 9.53 Å². The molecule has 0 saturated carbocycles. The van der Waals surface area contributed by atoms with Crippen molar-refractivity contribution in [2.24, 2.45) is 0 Å². The van der Waals surface area contributed by atoms with Gasteiger partial charge >= 0.3 is 0 Å². The molecule has 2 rings (SSSR count). The van der Waals surface area contributed by atoms with Crippen LogP contribution in [-0.2, 0) is 4.79 Å². The van der Waals surface area contributed by atoms with Crippen LogP contribution in [0.2, 0.25) is 0 Å². The first-order valence-corrected chi connectivity index (χ1v) is 5.09. The van der Waals surface area contributed by atoms with Crippen LogP contribution in [-0.4, -0.2) is 12.9 Å². The van der Waals surface area contributed by atoms with E-state index >= 15 is 0 Å². The predicted molar refractivity (Wildman–Crippen MR) is 59.9 cm³/mol. The van der Waals surface area contributed by atoms with Gasteiger partial charge in [0, 0.05) is 6.42 Å². The van der Waals surface area contributed by atoms with Gasteiger partial charge in [0.2, 0.25) is 0 Å². The van der Waals surface area contributed by atoms with Crippen LogP contribution < -0.4 is 4.74 Å². The molecule has 15 heavy (non-hydrogen) atoms. The molecule has 2 heteroatoms. The number of carbonyl (C=O) groups is 1. The summed E-state index contributed by atoms with van der Waals surface area (Å²) in [6.07, 6.45) is 3.28. The maximum Gasteiger partial charge on any atom is 0.156 e. The van der Waals surface area contributed by atoms with Gasteiger partial charge in [0.15, 0.2) is 5.78 Å². The number of rotatable bonds is 2. The Kier molecular flexibility index (Phi) is 2.58. The standard InChI is InChI=1S/C13H14O2/c1-9-7-12(15-2)5-6-13(9)10-3-4-11(14)8-10/h5-8H,3-4H2,1-2H3. The molecule has 0 amide bonds. The Bertz CT molecular complexity index is 430. The van der Waals surface area contributed by atoms with Crippen LogP contribution in [0, 0.1) is 6.92 Å². The maximum absolute atomic E-state index is 11.2. The second-order valence-corrected chi connectivity index (χ2v) is 3.82. The summed E-state index contributed by atoms with van der Waals surface area (Å²) >= 11 is 0. The number of ketones is 1. The van der Waals surface area contributed by atoms with Crippen molar-refractivity contribution in [1.29, 1.82) is 0 Å². The molecule has 0 spiro atoms. The number of benzene rings is 1. The molecule has 0 fully saturated rings. The van der Waals surface area contributed by atoms with Crippen molar-refractivity contribution >= 4 is 11.4 Å². The van der Waals surface area contributed by atoms with Gasteiger partial charge in [-0.2, -0.15) is 0 Å². The van der Waals surface area contributed by atoms with E-state index in [1.807, 2.05) is 25.1 Å². The highest BCUT2D eigenvalue weighted by atomic mass is 16.5. The van der Waals surface area contributed by atoms with E-state index in [4.69, 9.17) is 4.74 Å². The number of hydrogen-bond acceptors (Lipinski definition) is 2. The van der Waals surface area contributed by atoms with Crippen molar-refractivity contribution in [3.8, 4) is 5.75 Å². The van der Waals surface area contributed by atoms with E-state index in [1.165, 1.54) is 5.56 Å². The summed E-state index contributed by atoms with van der Waals surface area (Å²) in [5.74, 6) is 1.10. The van der Waals surface area contributed by atoms with Crippen LogP contribution in [0.15, 0.2) is 24.3 Å². The van der Waals surface area contributed by atoms with Gasteiger partial charge in [-0.05, 0) is 48.3 Å². The van der Waals surface area contributed by atoms with E-state index in [1.54, 1.807) is 13.2 Å². The van der Waals surface area contributed by atoms with Gasteiger partial charge in [0.25, 0.3) is 0 Å². The van der Waals surface area contributed by atoms with Crippen LogP contribution in [0.1, 0.15) is 24.0 Å². The van der Waals surface area contributed by atoms with Crippen molar-refractivity contribution in [3.63, 3.8) is 0 Å². The molecule has 1 aromatic carbocycles. The highest BCUT2D eigenvalue weighted by Gasteiger charge is 2.15. The van der Waals surface area contributed by atoms with Crippen molar-refractivity contribution in [3.05, 3.63) is 35.4 Å². The zero-order valence-electron chi connectivity index (χ0n) is 9.04. The Labute approximate surface area is 89.6 Å². The van der Waals surface area contributed by atoms with E-state index in [2.05, 4.69) is 0 Å². The van der Waals surface area contributed by atoms with E-state index in [0.29, 0.717) is 6.42 Å². The third-order valence-corrected chi connectivity index (χ3v) is 2.76. The summed E-state index contributed by atoms with van der Waals surface area (Å²) in [7, 11) is 1.66. The molecule has 0 radical (unpaired) electrons. The fourth-order valence-corrected chi connectivity index (χ4v) is 1.93. The quantitative estimate of drug-likeness (QED) is 0.737. The van der Waals surface area contributed by atoms with Gasteiger partial charge in [-0.25, -0.2) is 0 Å². The summed E-state index contributed by atoms with van der Waals surface area (Å²) in [5.41, 5.74) is 3.48. The van der Waals surface area contributed by atoms with Gasteiger partial charge in [-0.15, -0.1) is 0 Å². The lowest BCUT2D eigenvalue weighted by Gasteiger charge is -2.08. The number of aryl methyl sites for hydroxylation is 1. The first kappa shape index (κ1) is 9.97. The van der Waals surface area contributed by atoms with E-state index in [9.17, 15) is 4.79 Å². The van der Waals surface area contributed by atoms with Gasteiger partial charge in [0.1, 0.15) is 5.75 Å². The summed E-state index contributed by atoms with van der Waals surface area (Å²) in [4.78, 5) is 11.2. The summed E-state index contributed by atoms with van der Waals surface area (Å²) in [6.45, 7) is 2.04. The second kappa shape index (κ2) is 3.89. The average Bonchev–Trinajstić information content (AvgIpc) is 2.64. The Morgan fingerprint density at radius 1 is 1.27 bits per heavy atom. The molecule has 78 valence electrons. The molecule has 0 atom stereocenters. The van der Waals surface area contributed by atoms with E-state index in [-0.39, 0.29) is 5.78 Å². The van der Waals surface area contributed by atoms with Crippen LogP contribution in [0.3, 0.4) is 0 Å². The van der Waals surface area contributed by atoms with Crippen LogP contribution in [0.5, 0.6) is 5.75 Å². The molecule has 0 aliphatic heterocycles. The minimum atomic E-state index is 0.236. The molecule has 0 saturated heterocycles. The van der Waals surface area contributed by atoms with Crippen molar-refractivity contribution in [1.82, 2.24) is 0 Å². The second-order valence-electron chi connectivity index (χ2n) is 3.82. The average molecular weight is 202 g/mol. The Balaban J connectivity index is 2.37. The summed E-state index contributed by atoms with van der Waals surface area (Å²) in [6, 6.07) is 5.96. The topological polar surface area (TPSA) is 26.3 Å². The zero-order chi connectivity index (χ0) is 10.8. The normalized spacial score (nSPS) is 15.3. The van der Waals surface area contributed by atoms with E-state index < -0.39 is 0 Å². The molecular weight excluding hydrogens is 188 g/mol. The number of allylic oxidation sites excluding steroid dienone is 2. The Morgan fingerprint density at radius 2 is 2.07 bits per heavy atom. The molecule has 0 aromatic heterocycles. The maximum atomic E-state index is 11.2. The zero-order valence-corrected chi connectivity index (χ0v) is 9.04. The van der Waals surface area contributed by atoms with Gasteiger partial charge in [-0.1, -0.05) is 6.07 Å². The highest BCUT2D eigenvalue weighted by molar-refractivity contribution is 6.01. The molecule has 0 unspecified atom stereocenters. The molecule has 1 aliphatic carbocycles. The third-order valence-electron chi connectivity index (χ3n) is 2.76. The lowest BCUT2D eigenvalue weighted by atomic mass is 10.00. The van der Waals surface area contributed by atoms with Gasteiger partial charge < -0.3 is 4.74 Å². The van der Waals surface area contributed by atoms with Gasteiger partial charge in [0.05, 0.1) is 7.11 Å². The van der Waals surface area contributed by atoms with Crippen LogP contribution in [0.25, 0.3) is 5.57 Å². The lowest BCUT2D eigenvalue weighted by Crippen LogP contribution is -1.89. The highest BCUT2D eigenvalue weighted by Crippen LogP contribution is 2.29. The summed E-state index contributed by atoms with van der Waals surface area (Å²) < 4.78 is 5.15. The monoisotopic (exact) mass is 202 g/mol. The fraction of sp³-hybridized carbons (Fsp3) is 0.308. The molecule has 2 nitrogen and oxygen atoms in total. The van der Waals surface area contributed by atoms with Crippen LogP contribution in [0.4, 0.5) is 0 Å². The molecule has 1 aliphatic rings. The molecule has 0 heterocycles. The van der Waals surface area contributed by atoms with Gasteiger partial charge in [-0.3, -0.25) is 4.79 Å². The van der Waals surface area contributed by atoms with Crippen LogP contribution >= 0.6 is 0 Å². The lowest BCUT2D eigenvalue weighted by molar-refractivity contribution is -0.114. The summed E-state index contributed by atoms with van der Waals surface area (Å²) in [5, 5.41) is 0. The SMILES string of the molecule is COc1ccc(C2=CC(=O)CC2)c(C)c1. The Morgan fingerprint density at radius 3 is 2.60 bits per heavy atom. The largest absolute Gasteiger partial charge is 0.497 e. The smallest absolute Gasteiger partial charge is 0.156 e. The Hall–Kier alpha value is -1.57. The molecular formula is C13H14O2. The van der Waals surface area contributed by atoms with Crippen molar-refractivity contribution in [2.75, 3.05) is 7.11 Å². The van der Waals surface area contributed by atoms with Crippen molar-refractivity contribution in [2.45, 2.75) is 19.8 Å². The minimum Gasteiger partial charge on any atom is -0.497 e. The number of hydrogen-bond donors (Lipinski definition) is 0. The molecule has 1 aromatic rings.